The van der Waals surface area contributed by atoms with Crippen molar-refractivity contribution in [2.24, 2.45) is 11.8 Å². The van der Waals surface area contributed by atoms with Crippen molar-refractivity contribution in [3.63, 3.8) is 0 Å². The number of amides is 1. The number of carbonyl (C=O) groups is 2. The van der Waals surface area contributed by atoms with Crippen LogP contribution in [0.3, 0.4) is 0 Å². The van der Waals surface area contributed by atoms with Crippen LogP contribution in [0.1, 0.15) is 31.2 Å². The van der Waals surface area contributed by atoms with Gasteiger partial charge in [-0.05, 0) is 37.8 Å². The van der Waals surface area contributed by atoms with E-state index in [0.717, 1.165) is 38.9 Å². The van der Waals surface area contributed by atoms with Gasteiger partial charge in [-0.15, -0.1) is 0 Å². The number of rotatable bonds is 4. The number of carbonyl (C=O) groups excluding carboxylic acids is 1. The molecule has 1 aromatic rings. The number of likely N-dealkylation sites (tertiary alicyclic amines) is 2. The molecule has 5 nitrogen and oxygen atoms in total. The van der Waals surface area contributed by atoms with Gasteiger partial charge in [-0.2, -0.15) is 0 Å². The fourth-order valence-electron chi connectivity index (χ4n) is 3.88. The summed E-state index contributed by atoms with van der Waals surface area (Å²) in [5.41, 5.74) is 1.27. The van der Waals surface area contributed by atoms with Crippen LogP contribution in [-0.4, -0.2) is 53.0 Å². The zero-order valence-electron chi connectivity index (χ0n) is 14.1. The molecule has 130 valence electrons. The van der Waals surface area contributed by atoms with E-state index in [4.69, 9.17) is 0 Å². The quantitative estimate of drug-likeness (QED) is 0.919. The summed E-state index contributed by atoms with van der Waals surface area (Å²) in [5, 5.41) is 9.21. The van der Waals surface area contributed by atoms with Gasteiger partial charge in [0.1, 0.15) is 0 Å². The largest absolute Gasteiger partial charge is 0.481 e. The van der Waals surface area contributed by atoms with E-state index < -0.39 is 11.9 Å². The summed E-state index contributed by atoms with van der Waals surface area (Å²) in [6.45, 7) is 3.77. The molecule has 1 amide bonds. The topological polar surface area (TPSA) is 60.9 Å². The number of carboxylic acids is 1. The summed E-state index contributed by atoms with van der Waals surface area (Å²) in [7, 11) is 0. The molecule has 2 saturated heterocycles. The number of hydrogen-bond donors (Lipinski definition) is 1. The van der Waals surface area contributed by atoms with E-state index in [1.165, 1.54) is 5.56 Å². The van der Waals surface area contributed by atoms with Crippen LogP contribution in [-0.2, 0) is 16.1 Å². The molecular weight excluding hydrogens is 304 g/mol. The van der Waals surface area contributed by atoms with Gasteiger partial charge in [-0.1, -0.05) is 30.3 Å². The zero-order chi connectivity index (χ0) is 16.9. The molecule has 1 N–H and O–H groups in total. The third-order valence-electron chi connectivity index (χ3n) is 5.19. The van der Waals surface area contributed by atoms with Gasteiger partial charge in [-0.3, -0.25) is 14.5 Å². The van der Waals surface area contributed by atoms with E-state index in [-0.39, 0.29) is 11.8 Å². The summed E-state index contributed by atoms with van der Waals surface area (Å²) < 4.78 is 0. The average Bonchev–Trinajstić information content (AvgIpc) is 2.62. The van der Waals surface area contributed by atoms with Crippen molar-refractivity contribution >= 4 is 11.9 Å². The average molecular weight is 330 g/mol. The zero-order valence-corrected chi connectivity index (χ0v) is 14.1. The first-order valence-electron chi connectivity index (χ1n) is 8.91. The van der Waals surface area contributed by atoms with Crippen LogP contribution in [0, 0.1) is 11.8 Å². The number of nitrogens with zero attached hydrogens (tertiary/aromatic N) is 2. The molecular formula is C19H26N2O3. The van der Waals surface area contributed by atoms with Gasteiger partial charge in [0.2, 0.25) is 5.91 Å². The second kappa shape index (κ2) is 7.79. The minimum absolute atomic E-state index is 0.00927. The maximum atomic E-state index is 12.8. The normalized spacial score (nSPS) is 25.4. The molecule has 0 radical (unpaired) electrons. The standard InChI is InChI=1S/C19H26N2O3/c22-18(21-11-5-9-17(14-21)19(23)24)16-8-4-10-20(13-16)12-15-6-2-1-3-7-15/h1-3,6-7,16-17H,4-5,8-14H2,(H,23,24). The maximum Gasteiger partial charge on any atom is 0.308 e. The fourth-order valence-corrected chi connectivity index (χ4v) is 3.88. The molecule has 2 aliphatic heterocycles. The van der Waals surface area contributed by atoms with E-state index in [9.17, 15) is 14.7 Å². The molecule has 0 spiro atoms. The molecule has 0 bridgehead atoms. The van der Waals surface area contributed by atoms with Crippen LogP contribution in [0.25, 0.3) is 0 Å². The number of benzene rings is 1. The van der Waals surface area contributed by atoms with Crippen molar-refractivity contribution in [3.8, 4) is 0 Å². The molecule has 0 saturated carbocycles. The van der Waals surface area contributed by atoms with E-state index in [0.29, 0.717) is 19.5 Å². The highest BCUT2D eigenvalue weighted by atomic mass is 16.4. The van der Waals surface area contributed by atoms with Gasteiger partial charge in [0.05, 0.1) is 11.8 Å². The lowest BCUT2D eigenvalue weighted by Gasteiger charge is -2.37. The molecule has 2 fully saturated rings. The van der Waals surface area contributed by atoms with Gasteiger partial charge < -0.3 is 10.0 Å². The molecule has 5 heteroatoms. The van der Waals surface area contributed by atoms with Crippen molar-refractivity contribution in [1.29, 1.82) is 0 Å². The smallest absolute Gasteiger partial charge is 0.308 e. The second-order valence-electron chi connectivity index (χ2n) is 7.02. The first-order chi connectivity index (χ1) is 11.6. The first-order valence-corrected chi connectivity index (χ1v) is 8.91. The third-order valence-corrected chi connectivity index (χ3v) is 5.19. The summed E-state index contributed by atoms with van der Waals surface area (Å²) in [6, 6.07) is 10.3. The highest BCUT2D eigenvalue weighted by Gasteiger charge is 2.33. The molecule has 0 aliphatic carbocycles. The molecule has 3 rings (SSSR count). The van der Waals surface area contributed by atoms with Gasteiger partial charge in [-0.25, -0.2) is 0 Å². The lowest BCUT2D eigenvalue weighted by molar-refractivity contribution is -0.147. The molecule has 24 heavy (non-hydrogen) atoms. The number of carboxylic acid groups (broad SMARTS) is 1. The highest BCUT2D eigenvalue weighted by molar-refractivity contribution is 5.80. The lowest BCUT2D eigenvalue weighted by Crippen LogP contribution is -2.48. The van der Waals surface area contributed by atoms with Gasteiger partial charge in [0, 0.05) is 26.2 Å². The predicted molar refractivity (Wildman–Crippen MR) is 91.4 cm³/mol. The molecule has 0 aromatic heterocycles. The second-order valence-corrected chi connectivity index (χ2v) is 7.02. The summed E-state index contributed by atoms with van der Waals surface area (Å²) in [4.78, 5) is 28.2. The first kappa shape index (κ1) is 17.0. The third kappa shape index (κ3) is 4.15. The van der Waals surface area contributed by atoms with Gasteiger partial charge in [0.15, 0.2) is 0 Å². The fraction of sp³-hybridized carbons (Fsp3) is 0.579. The highest BCUT2D eigenvalue weighted by Crippen LogP contribution is 2.24. The van der Waals surface area contributed by atoms with Crippen molar-refractivity contribution in [3.05, 3.63) is 35.9 Å². The van der Waals surface area contributed by atoms with Crippen molar-refractivity contribution in [1.82, 2.24) is 9.80 Å². The lowest BCUT2D eigenvalue weighted by atomic mass is 9.93. The monoisotopic (exact) mass is 330 g/mol. The van der Waals surface area contributed by atoms with E-state index >= 15 is 0 Å². The van der Waals surface area contributed by atoms with E-state index in [1.807, 2.05) is 18.2 Å². The Morgan fingerprint density at radius 2 is 1.71 bits per heavy atom. The molecule has 2 atom stereocenters. The van der Waals surface area contributed by atoms with Crippen LogP contribution < -0.4 is 0 Å². The Morgan fingerprint density at radius 3 is 2.46 bits per heavy atom. The van der Waals surface area contributed by atoms with Crippen LogP contribution in [0.5, 0.6) is 0 Å². The Balaban J connectivity index is 1.57. The minimum Gasteiger partial charge on any atom is -0.481 e. The number of piperidine rings is 2. The van der Waals surface area contributed by atoms with E-state index in [2.05, 4.69) is 17.0 Å². The van der Waals surface area contributed by atoms with Crippen LogP contribution in [0.2, 0.25) is 0 Å². The summed E-state index contributed by atoms with van der Waals surface area (Å²) in [5.74, 6) is -1.01. The number of aliphatic carboxylic acids is 1. The van der Waals surface area contributed by atoms with Gasteiger partial charge >= 0.3 is 5.97 Å². The van der Waals surface area contributed by atoms with Crippen molar-refractivity contribution < 1.29 is 14.7 Å². The Kier molecular flexibility index (Phi) is 5.51. The van der Waals surface area contributed by atoms with Crippen molar-refractivity contribution in [2.45, 2.75) is 32.2 Å². The van der Waals surface area contributed by atoms with Gasteiger partial charge in [0.25, 0.3) is 0 Å². The summed E-state index contributed by atoms with van der Waals surface area (Å²) >= 11 is 0. The molecule has 2 unspecified atom stereocenters. The Morgan fingerprint density at radius 1 is 1.00 bits per heavy atom. The number of hydrogen-bond acceptors (Lipinski definition) is 3. The van der Waals surface area contributed by atoms with Crippen LogP contribution in [0.4, 0.5) is 0 Å². The van der Waals surface area contributed by atoms with Crippen LogP contribution in [0.15, 0.2) is 30.3 Å². The van der Waals surface area contributed by atoms with Crippen molar-refractivity contribution in [2.75, 3.05) is 26.2 Å². The molecule has 2 heterocycles. The SMILES string of the molecule is O=C(O)C1CCCN(C(=O)C2CCCN(Cc3ccccc3)C2)C1. The van der Waals surface area contributed by atoms with Crippen LogP contribution >= 0.6 is 0 Å². The maximum absolute atomic E-state index is 12.8. The summed E-state index contributed by atoms with van der Waals surface area (Å²) in [6.07, 6.45) is 3.42. The molecule has 2 aliphatic rings. The minimum atomic E-state index is -0.776. The van der Waals surface area contributed by atoms with E-state index in [1.54, 1.807) is 4.90 Å². The Hall–Kier alpha value is -1.88. The Bertz CT molecular complexity index is 575. The molecule has 1 aromatic carbocycles. The predicted octanol–water partition coefficient (Wildman–Crippen LogP) is 2.22. The Labute approximate surface area is 143 Å².